The number of hydrogen-bond acceptors (Lipinski definition) is 3. The Morgan fingerprint density at radius 3 is 2.45 bits per heavy atom. The van der Waals surface area contributed by atoms with Gasteiger partial charge >= 0.3 is 0 Å². The second kappa shape index (κ2) is 7.78. The number of likely N-dealkylation sites (tertiary alicyclic amines) is 2. The van der Waals surface area contributed by atoms with Crippen LogP contribution in [0.1, 0.15) is 51.9 Å². The van der Waals surface area contributed by atoms with Gasteiger partial charge in [-0.05, 0) is 76.5 Å². The van der Waals surface area contributed by atoms with E-state index in [0.717, 1.165) is 38.6 Å². The molecule has 1 N–H and O–H groups in total. The third-order valence-electron chi connectivity index (χ3n) is 6.11. The van der Waals surface area contributed by atoms with Crippen molar-refractivity contribution < 1.29 is 4.79 Å². The lowest BCUT2D eigenvalue weighted by Gasteiger charge is -2.37. The molecule has 3 aliphatic rings. The molecule has 3 saturated heterocycles. The van der Waals surface area contributed by atoms with Gasteiger partial charge in [0, 0.05) is 25.6 Å². The fourth-order valence-corrected chi connectivity index (χ4v) is 4.52. The number of carbonyl (C=O) groups excluding carboxylic acids is 1. The second-order valence-electron chi connectivity index (χ2n) is 7.64. The molecule has 0 radical (unpaired) electrons. The van der Waals surface area contributed by atoms with Crippen LogP contribution in [0.4, 0.5) is 0 Å². The quantitative estimate of drug-likeness (QED) is 0.864. The first-order valence-electron chi connectivity index (χ1n) is 9.46. The lowest BCUT2D eigenvalue weighted by Crippen LogP contribution is -2.46. The van der Waals surface area contributed by atoms with Gasteiger partial charge < -0.3 is 15.1 Å². The molecule has 0 bridgehead atoms. The largest absolute Gasteiger partial charge is 0.343 e. The monoisotopic (exact) mass is 307 g/mol. The Balaban J connectivity index is 1.41. The van der Waals surface area contributed by atoms with Gasteiger partial charge in [-0.3, -0.25) is 4.79 Å². The maximum Gasteiger partial charge on any atom is 0.222 e. The highest BCUT2D eigenvalue weighted by Crippen LogP contribution is 2.25. The summed E-state index contributed by atoms with van der Waals surface area (Å²) < 4.78 is 0. The Hall–Kier alpha value is -0.610. The minimum absolute atomic E-state index is 0.401. The molecule has 2 unspecified atom stereocenters. The lowest BCUT2D eigenvalue weighted by molar-refractivity contribution is -0.134. The van der Waals surface area contributed by atoms with Crippen molar-refractivity contribution in [3.63, 3.8) is 0 Å². The molecule has 1 amide bonds. The van der Waals surface area contributed by atoms with Crippen molar-refractivity contribution in [2.24, 2.45) is 11.8 Å². The van der Waals surface area contributed by atoms with E-state index >= 15 is 0 Å². The Morgan fingerprint density at radius 1 is 1.09 bits per heavy atom. The molecule has 4 nitrogen and oxygen atoms in total. The summed E-state index contributed by atoms with van der Waals surface area (Å²) in [4.78, 5) is 17.4. The zero-order chi connectivity index (χ0) is 15.4. The molecule has 0 aromatic heterocycles. The summed E-state index contributed by atoms with van der Waals surface area (Å²) in [5.74, 6) is 1.62. The average molecular weight is 307 g/mol. The van der Waals surface area contributed by atoms with E-state index in [1.54, 1.807) is 0 Å². The molecule has 3 heterocycles. The molecule has 4 heteroatoms. The number of carbonyl (C=O) groups is 1. The first-order chi connectivity index (χ1) is 10.7. The standard InChI is InChI=1S/C18H33N3O/c1-15(16-5-4-8-19-14-16)13-18(22)21-11-6-17(7-12-21)20-9-2-3-10-20/h15-17,19H,2-14H2,1H3. The highest BCUT2D eigenvalue weighted by Gasteiger charge is 2.29. The molecule has 126 valence electrons. The maximum atomic E-state index is 12.6. The minimum atomic E-state index is 0.401. The van der Waals surface area contributed by atoms with Crippen molar-refractivity contribution >= 4 is 5.91 Å². The van der Waals surface area contributed by atoms with E-state index in [1.807, 2.05) is 0 Å². The molecule has 0 aliphatic carbocycles. The number of piperidine rings is 2. The van der Waals surface area contributed by atoms with E-state index in [-0.39, 0.29) is 0 Å². The molecule has 0 saturated carbocycles. The van der Waals surface area contributed by atoms with Crippen molar-refractivity contribution in [3.05, 3.63) is 0 Å². The van der Waals surface area contributed by atoms with Crippen LogP contribution in [0.3, 0.4) is 0 Å². The maximum absolute atomic E-state index is 12.6. The van der Waals surface area contributed by atoms with Crippen molar-refractivity contribution in [1.82, 2.24) is 15.1 Å². The predicted molar refractivity (Wildman–Crippen MR) is 89.8 cm³/mol. The zero-order valence-electron chi connectivity index (χ0n) is 14.2. The van der Waals surface area contributed by atoms with Gasteiger partial charge in [-0.2, -0.15) is 0 Å². The topological polar surface area (TPSA) is 35.6 Å². The second-order valence-corrected chi connectivity index (χ2v) is 7.64. The van der Waals surface area contributed by atoms with Gasteiger partial charge in [0.2, 0.25) is 5.91 Å². The van der Waals surface area contributed by atoms with E-state index in [4.69, 9.17) is 0 Å². The Morgan fingerprint density at radius 2 is 1.82 bits per heavy atom. The van der Waals surface area contributed by atoms with Crippen LogP contribution in [-0.2, 0) is 4.79 Å². The van der Waals surface area contributed by atoms with Crippen molar-refractivity contribution in [2.75, 3.05) is 39.3 Å². The molecule has 0 spiro atoms. The van der Waals surface area contributed by atoms with E-state index in [9.17, 15) is 4.79 Å². The van der Waals surface area contributed by atoms with Crippen molar-refractivity contribution in [1.29, 1.82) is 0 Å². The van der Waals surface area contributed by atoms with Gasteiger partial charge in [-0.15, -0.1) is 0 Å². The number of nitrogens with zero attached hydrogens (tertiary/aromatic N) is 2. The first-order valence-corrected chi connectivity index (χ1v) is 9.46. The highest BCUT2D eigenvalue weighted by atomic mass is 16.2. The van der Waals surface area contributed by atoms with Gasteiger partial charge in [0.1, 0.15) is 0 Å². The van der Waals surface area contributed by atoms with Crippen LogP contribution in [0.5, 0.6) is 0 Å². The predicted octanol–water partition coefficient (Wildman–Crippen LogP) is 2.10. The third-order valence-corrected chi connectivity index (χ3v) is 6.11. The fraction of sp³-hybridized carbons (Fsp3) is 0.944. The van der Waals surface area contributed by atoms with E-state index in [1.165, 1.54) is 51.6 Å². The van der Waals surface area contributed by atoms with Gasteiger partial charge in [0.05, 0.1) is 0 Å². The van der Waals surface area contributed by atoms with Crippen LogP contribution in [-0.4, -0.2) is 61.0 Å². The van der Waals surface area contributed by atoms with Crippen LogP contribution in [0.25, 0.3) is 0 Å². The van der Waals surface area contributed by atoms with Gasteiger partial charge in [-0.25, -0.2) is 0 Å². The smallest absolute Gasteiger partial charge is 0.222 e. The van der Waals surface area contributed by atoms with Crippen molar-refractivity contribution in [2.45, 2.75) is 57.9 Å². The summed E-state index contributed by atoms with van der Waals surface area (Å²) in [5.41, 5.74) is 0. The van der Waals surface area contributed by atoms with E-state index < -0.39 is 0 Å². The summed E-state index contributed by atoms with van der Waals surface area (Å²) in [6.07, 6.45) is 8.41. The van der Waals surface area contributed by atoms with Crippen LogP contribution in [0, 0.1) is 11.8 Å². The SMILES string of the molecule is CC(CC(=O)N1CCC(N2CCCC2)CC1)C1CCCNC1. The Bertz CT molecular complexity index is 353. The van der Waals surface area contributed by atoms with Crippen LogP contribution in [0.15, 0.2) is 0 Å². The van der Waals surface area contributed by atoms with Gasteiger partial charge in [0.25, 0.3) is 0 Å². The number of hydrogen-bond donors (Lipinski definition) is 1. The van der Waals surface area contributed by atoms with E-state index in [0.29, 0.717) is 17.7 Å². The number of nitrogens with one attached hydrogen (secondary N) is 1. The Kier molecular flexibility index (Phi) is 5.75. The van der Waals surface area contributed by atoms with Gasteiger partial charge in [-0.1, -0.05) is 6.92 Å². The molecule has 0 aromatic carbocycles. The molecule has 3 aliphatic heterocycles. The molecule has 0 aromatic rings. The summed E-state index contributed by atoms with van der Waals surface area (Å²) >= 11 is 0. The van der Waals surface area contributed by atoms with Crippen LogP contribution < -0.4 is 5.32 Å². The minimum Gasteiger partial charge on any atom is -0.343 e. The summed E-state index contributed by atoms with van der Waals surface area (Å²) in [5, 5.41) is 3.48. The number of amides is 1. The van der Waals surface area contributed by atoms with Crippen LogP contribution >= 0.6 is 0 Å². The van der Waals surface area contributed by atoms with Gasteiger partial charge in [0.15, 0.2) is 0 Å². The molecular weight excluding hydrogens is 274 g/mol. The average Bonchev–Trinajstić information content (AvgIpc) is 3.10. The number of rotatable bonds is 4. The molecular formula is C18H33N3O. The molecule has 2 atom stereocenters. The normalized spacial score (nSPS) is 29.7. The van der Waals surface area contributed by atoms with E-state index in [2.05, 4.69) is 22.0 Å². The molecule has 3 fully saturated rings. The Labute approximate surface area is 135 Å². The van der Waals surface area contributed by atoms with Crippen molar-refractivity contribution in [3.8, 4) is 0 Å². The molecule has 22 heavy (non-hydrogen) atoms. The summed E-state index contributed by atoms with van der Waals surface area (Å²) in [6, 6.07) is 0.742. The zero-order valence-corrected chi connectivity index (χ0v) is 14.2. The fourth-order valence-electron chi connectivity index (χ4n) is 4.52. The van der Waals surface area contributed by atoms with Crippen LogP contribution in [0.2, 0.25) is 0 Å². The highest BCUT2D eigenvalue weighted by molar-refractivity contribution is 5.76. The lowest BCUT2D eigenvalue weighted by atomic mass is 9.85. The molecule has 3 rings (SSSR count). The summed E-state index contributed by atoms with van der Waals surface area (Å²) in [6.45, 7) is 9.05. The summed E-state index contributed by atoms with van der Waals surface area (Å²) in [7, 11) is 0. The first kappa shape index (κ1) is 16.3. The third kappa shape index (κ3) is 4.02.